The van der Waals surface area contributed by atoms with Crippen molar-refractivity contribution < 1.29 is 9.90 Å². The van der Waals surface area contributed by atoms with E-state index in [2.05, 4.69) is 15.0 Å². The molecule has 0 saturated heterocycles. The van der Waals surface area contributed by atoms with Gasteiger partial charge in [-0.15, -0.1) is 11.3 Å². The number of carbonyl (C=O) groups is 1. The van der Waals surface area contributed by atoms with Gasteiger partial charge in [-0.2, -0.15) is 0 Å². The van der Waals surface area contributed by atoms with Crippen molar-refractivity contribution in [1.82, 2.24) is 15.0 Å². The maximum absolute atomic E-state index is 10.8. The Hall–Kier alpha value is -2.73. The Morgan fingerprint density at radius 3 is 2.76 bits per heavy atom. The van der Waals surface area contributed by atoms with Crippen LogP contribution in [-0.4, -0.2) is 26.0 Å². The number of carboxylic acids is 1. The van der Waals surface area contributed by atoms with Crippen molar-refractivity contribution in [3.8, 4) is 11.4 Å². The Bertz CT molecular complexity index is 790. The van der Waals surface area contributed by atoms with Crippen LogP contribution in [0.3, 0.4) is 0 Å². The zero-order valence-electron chi connectivity index (χ0n) is 10.9. The van der Waals surface area contributed by atoms with Crippen molar-refractivity contribution in [3.05, 3.63) is 58.3 Å². The van der Waals surface area contributed by atoms with Crippen LogP contribution in [0.1, 0.15) is 21.2 Å². The lowest BCUT2D eigenvalue weighted by molar-refractivity contribution is 0.0691. The number of aromatic nitrogens is 3. The molecule has 0 amide bonds. The Kier molecular flexibility index (Phi) is 3.61. The van der Waals surface area contributed by atoms with E-state index in [9.17, 15) is 4.79 Å². The molecule has 104 valence electrons. The Morgan fingerprint density at radius 1 is 1.24 bits per heavy atom. The quantitative estimate of drug-likeness (QED) is 0.773. The van der Waals surface area contributed by atoms with Crippen molar-refractivity contribution in [1.29, 1.82) is 0 Å². The molecule has 0 aliphatic rings. The van der Waals surface area contributed by atoms with E-state index in [4.69, 9.17) is 5.11 Å². The van der Waals surface area contributed by atoms with Gasteiger partial charge in [-0.05, 0) is 12.2 Å². The number of benzene rings is 1. The summed E-state index contributed by atoms with van der Waals surface area (Å²) in [5.41, 5.74) is 1.91. The highest BCUT2D eigenvalue weighted by Gasteiger charge is 2.06. The van der Waals surface area contributed by atoms with Crippen molar-refractivity contribution in [2.24, 2.45) is 0 Å². The van der Waals surface area contributed by atoms with E-state index < -0.39 is 5.97 Å². The maximum atomic E-state index is 10.8. The molecule has 0 fully saturated rings. The summed E-state index contributed by atoms with van der Waals surface area (Å²) in [6.07, 6.45) is 5.31. The van der Waals surface area contributed by atoms with Crippen molar-refractivity contribution in [2.75, 3.05) is 0 Å². The second-order valence-electron chi connectivity index (χ2n) is 4.26. The molecule has 5 nitrogen and oxygen atoms in total. The fourth-order valence-corrected chi connectivity index (χ4v) is 2.47. The minimum Gasteiger partial charge on any atom is -0.476 e. The van der Waals surface area contributed by atoms with E-state index in [0.29, 0.717) is 5.01 Å². The molecule has 2 heterocycles. The first kappa shape index (κ1) is 13.3. The number of carboxylic acid groups (broad SMARTS) is 1. The van der Waals surface area contributed by atoms with Crippen molar-refractivity contribution in [2.45, 2.75) is 0 Å². The predicted molar refractivity (Wildman–Crippen MR) is 82.0 cm³/mol. The second kappa shape index (κ2) is 5.72. The fourth-order valence-electron chi connectivity index (χ4n) is 1.79. The number of nitrogens with one attached hydrogen (secondary N) is 1. The molecule has 0 atom stereocenters. The highest BCUT2D eigenvalue weighted by Crippen LogP contribution is 2.17. The highest BCUT2D eigenvalue weighted by atomic mass is 32.1. The molecule has 6 heteroatoms. The summed E-state index contributed by atoms with van der Waals surface area (Å²) in [7, 11) is 0. The van der Waals surface area contributed by atoms with Crippen molar-refractivity contribution >= 4 is 29.5 Å². The first-order valence-corrected chi connectivity index (χ1v) is 7.07. The van der Waals surface area contributed by atoms with Crippen LogP contribution in [-0.2, 0) is 0 Å². The summed E-state index contributed by atoms with van der Waals surface area (Å²) in [5, 5.41) is 11.0. The lowest BCUT2D eigenvalue weighted by Crippen LogP contribution is -1.95. The van der Waals surface area contributed by atoms with Crippen LogP contribution >= 0.6 is 11.3 Å². The maximum Gasteiger partial charge on any atom is 0.355 e. The van der Waals surface area contributed by atoms with Crippen LogP contribution < -0.4 is 0 Å². The number of aromatic carboxylic acids is 1. The summed E-state index contributed by atoms with van der Waals surface area (Å²) in [4.78, 5) is 22.2. The molecule has 0 bridgehead atoms. The van der Waals surface area contributed by atoms with Gasteiger partial charge in [0.15, 0.2) is 5.69 Å². The van der Waals surface area contributed by atoms with Gasteiger partial charge in [0, 0.05) is 10.9 Å². The third-order valence-electron chi connectivity index (χ3n) is 2.79. The summed E-state index contributed by atoms with van der Waals surface area (Å²) in [6, 6.07) is 9.82. The van der Waals surface area contributed by atoms with Gasteiger partial charge in [0.1, 0.15) is 10.8 Å². The van der Waals surface area contributed by atoms with Gasteiger partial charge in [0.2, 0.25) is 0 Å². The summed E-state index contributed by atoms with van der Waals surface area (Å²) >= 11 is 1.29. The molecule has 3 rings (SSSR count). The number of aromatic amines is 1. The first-order chi connectivity index (χ1) is 10.2. The molecular formula is C15H11N3O2S. The summed E-state index contributed by atoms with van der Waals surface area (Å²) < 4.78 is 0. The number of hydrogen-bond donors (Lipinski definition) is 2. The molecule has 0 unspecified atom stereocenters. The van der Waals surface area contributed by atoms with Gasteiger partial charge in [0.05, 0.1) is 11.9 Å². The molecule has 3 aromatic rings. The molecule has 0 aliphatic heterocycles. The van der Waals surface area contributed by atoms with E-state index in [0.717, 1.165) is 17.1 Å². The third-order valence-corrected chi connectivity index (χ3v) is 3.60. The molecule has 0 saturated carbocycles. The topological polar surface area (TPSA) is 78.9 Å². The van der Waals surface area contributed by atoms with Gasteiger partial charge >= 0.3 is 5.97 Å². The SMILES string of the molecule is O=C(O)c1csc(/C=C/c2cnc(-c3ccccc3)[nH]2)n1. The number of nitrogens with zero attached hydrogens (tertiary/aromatic N) is 2. The Morgan fingerprint density at radius 2 is 2.05 bits per heavy atom. The van der Waals surface area contributed by atoms with Crippen LogP contribution in [0.5, 0.6) is 0 Å². The molecule has 0 radical (unpaired) electrons. The third kappa shape index (κ3) is 3.06. The Balaban J connectivity index is 1.77. The number of thiazole rings is 1. The summed E-state index contributed by atoms with van der Waals surface area (Å²) in [5.74, 6) is -0.223. The standard InChI is InChI=1S/C15H11N3O2S/c19-15(20)12-9-21-13(18-12)7-6-11-8-16-14(17-11)10-4-2-1-3-5-10/h1-9H,(H,16,17)(H,19,20)/b7-6+. The Labute approximate surface area is 124 Å². The minimum absolute atomic E-state index is 0.0641. The van der Waals surface area contributed by atoms with Gasteiger partial charge in [-0.25, -0.2) is 14.8 Å². The van der Waals surface area contributed by atoms with Crippen LogP contribution in [0.25, 0.3) is 23.5 Å². The zero-order valence-corrected chi connectivity index (χ0v) is 11.7. The average Bonchev–Trinajstić information content (AvgIpc) is 3.15. The second-order valence-corrected chi connectivity index (χ2v) is 5.15. The molecule has 0 spiro atoms. The van der Waals surface area contributed by atoms with Gasteiger partial charge in [-0.3, -0.25) is 0 Å². The van der Waals surface area contributed by atoms with Crippen LogP contribution in [0.2, 0.25) is 0 Å². The lowest BCUT2D eigenvalue weighted by atomic mass is 10.2. The van der Waals surface area contributed by atoms with Crippen LogP contribution in [0.4, 0.5) is 0 Å². The smallest absolute Gasteiger partial charge is 0.355 e. The largest absolute Gasteiger partial charge is 0.476 e. The van der Waals surface area contributed by atoms with E-state index in [1.54, 1.807) is 12.3 Å². The molecule has 21 heavy (non-hydrogen) atoms. The monoisotopic (exact) mass is 297 g/mol. The molecule has 2 N–H and O–H groups in total. The van der Waals surface area contributed by atoms with E-state index in [1.807, 2.05) is 36.4 Å². The number of rotatable bonds is 4. The van der Waals surface area contributed by atoms with E-state index in [-0.39, 0.29) is 5.69 Å². The normalized spacial score (nSPS) is 11.0. The first-order valence-electron chi connectivity index (χ1n) is 6.20. The number of H-pyrrole nitrogens is 1. The molecular weight excluding hydrogens is 286 g/mol. The van der Waals surface area contributed by atoms with Gasteiger partial charge < -0.3 is 10.1 Å². The van der Waals surface area contributed by atoms with Crippen LogP contribution in [0.15, 0.2) is 41.9 Å². The molecule has 2 aromatic heterocycles. The zero-order chi connectivity index (χ0) is 14.7. The molecule has 0 aliphatic carbocycles. The predicted octanol–water partition coefficient (Wildman–Crippen LogP) is 3.40. The number of hydrogen-bond acceptors (Lipinski definition) is 4. The summed E-state index contributed by atoms with van der Waals surface area (Å²) in [6.45, 7) is 0. The van der Waals surface area contributed by atoms with E-state index >= 15 is 0 Å². The average molecular weight is 297 g/mol. The van der Waals surface area contributed by atoms with E-state index in [1.165, 1.54) is 16.7 Å². The minimum atomic E-state index is -1.01. The fraction of sp³-hybridized carbons (Fsp3) is 0. The van der Waals surface area contributed by atoms with Crippen LogP contribution in [0, 0.1) is 0 Å². The van der Waals surface area contributed by atoms with Crippen molar-refractivity contribution in [3.63, 3.8) is 0 Å². The number of imidazole rings is 1. The van der Waals surface area contributed by atoms with Gasteiger partial charge in [-0.1, -0.05) is 30.3 Å². The highest BCUT2D eigenvalue weighted by molar-refractivity contribution is 7.10. The van der Waals surface area contributed by atoms with Gasteiger partial charge in [0.25, 0.3) is 0 Å². The molecule has 1 aromatic carbocycles. The lowest BCUT2D eigenvalue weighted by Gasteiger charge is -1.94.